The molecule has 5 nitrogen and oxygen atoms in total. The average Bonchev–Trinajstić information content (AvgIpc) is 2.69. The van der Waals surface area contributed by atoms with Crippen molar-refractivity contribution >= 4 is 27.7 Å². The molecule has 2 amide bonds. The number of primary amides is 1. The van der Waals surface area contributed by atoms with Crippen LogP contribution in [0.5, 0.6) is 0 Å². The molecular weight excluding hydrogens is 310 g/mol. The second-order valence-electron chi connectivity index (χ2n) is 5.01. The Morgan fingerprint density at radius 1 is 1.53 bits per heavy atom. The number of hydrogen-bond donors (Lipinski definition) is 2. The minimum absolute atomic E-state index is 0.0950. The zero-order chi connectivity index (χ0) is 14.8. The summed E-state index contributed by atoms with van der Waals surface area (Å²) in [7, 11) is 0. The van der Waals surface area contributed by atoms with Crippen molar-refractivity contribution in [2.45, 2.75) is 39.8 Å². The molecule has 19 heavy (non-hydrogen) atoms. The fourth-order valence-corrected chi connectivity index (χ4v) is 2.18. The minimum atomic E-state index is -1.06. The maximum absolute atomic E-state index is 12.3. The molecule has 1 aromatic heterocycles. The van der Waals surface area contributed by atoms with Gasteiger partial charge in [0, 0.05) is 17.2 Å². The van der Waals surface area contributed by atoms with Crippen LogP contribution >= 0.6 is 15.9 Å². The number of nitrogens with zero attached hydrogens (tertiary/aromatic N) is 1. The Hall–Kier alpha value is -1.30. The number of aromatic nitrogens is 1. The molecule has 1 aromatic rings. The number of halogens is 1. The summed E-state index contributed by atoms with van der Waals surface area (Å²) >= 11 is 3.34. The van der Waals surface area contributed by atoms with Crippen LogP contribution in [0.15, 0.2) is 16.7 Å². The molecule has 1 unspecified atom stereocenters. The van der Waals surface area contributed by atoms with E-state index in [9.17, 15) is 9.59 Å². The van der Waals surface area contributed by atoms with E-state index >= 15 is 0 Å². The average molecular weight is 330 g/mol. The van der Waals surface area contributed by atoms with Crippen LogP contribution in [0.2, 0.25) is 0 Å². The monoisotopic (exact) mass is 329 g/mol. The van der Waals surface area contributed by atoms with E-state index in [1.165, 1.54) is 0 Å². The summed E-state index contributed by atoms with van der Waals surface area (Å²) in [6, 6.07) is 1.72. The van der Waals surface area contributed by atoms with Gasteiger partial charge in [0.05, 0.1) is 0 Å². The molecule has 0 saturated heterocycles. The zero-order valence-electron chi connectivity index (χ0n) is 11.7. The van der Waals surface area contributed by atoms with Gasteiger partial charge in [0.1, 0.15) is 11.2 Å². The molecule has 0 aromatic carbocycles. The number of rotatable bonds is 5. The molecule has 0 aliphatic heterocycles. The molecule has 1 atom stereocenters. The number of nitrogens with two attached hydrogens (primary N) is 1. The third-order valence-corrected chi connectivity index (χ3v) is 3.91. The summed E-state index contributed by atoms with van der Waals surface area (Å²) in [5, 5.41) is 2.74. The van der Waals surface area contributed by atoms with Crippen LogP contribution in [0.1, 0.15) is 38.2 Å². The first-order chi connectivity index (χ1) is 8.72. The fraction of sp³-hybridized carbons (Fsp3) is 0.538. The molecule has 0 spiro atoms. The summed E-state index contributed by atoms with van der Waals surface area (Å²) < 4.78 is 2.63. The number of nitrogens with one attached hydrogen (secondary N) is 1. The first-order valence-corrected chi connectivity index (χ1v) is 6.99. The van der Waals surface area contributed by atoms with Crippen molar-refractivity contribution < 1.29 is 9.59 Å². The molecule has 3 N–H and O–H groups in total. The highest BCUT2D eigenvalue weighted by Gasteiger charge is 2.37. The Labute approximate surface area is 121 Å². The van der Waals surface area contributed by atoms with Crippen molar-refractivity contribution in [3.05, 3.63) is 22.4 Å². The molecule has 0 radical (unpaired) electrons. The third-order valence-electron chi connectivity index (χ3n) is 3.48. The van der Waals surface area contributed by atoms with E-state index in [1.54, 1.807) is 17.6 Å². The second-order valence-corrected chi connectivity index (χ2v) is 5.92. The van der Waals surface area contributed by atoms with Crippen LogP contribution in [0, 0.1) is 5.92 Å². The van der Waals surface area contributed by atoms with E-state index < -0.39 is 11.4 Å². The fourth-order valence-electron chi connectivity index (χ4n) is 1.72. The lowest BCUT2D eigenvalue weighted by atomic mass is 9.87. The molecule has 0 fully saturated rings. The SMILES string of the molecule is CCn1cc(Br)cc1C(=O)NC(C)(C(N)=O)C(C)C. The van der Waals surface area contributed by atoms with E-state index in [4.69, 9.17) is 5.73 Å². The van der Waals surface area contributed by atoms with E-state index in [-0.39, 0.29) is 11.8 Å². The number of carbonyl (C=O) groups excluding carboxylic acids is 2. The molecule has 0 aliphatic carbocycles. The van der Waals surface area contributed by atoms with Crippen LogP contribution in [-0.4, -0.2) is 21.9 Å². The predicted octanol–water partition coefficient (Wildman–Crippen LogP) is 1.90. The summed E-state index contributed by atoms with van der Waals surface area (Å²) in [5.41, 5.74) is 4.84. The van der Waals surface area contributed by atoms with Gasteiger partial charge >= 0.3 is 0 Å². The highest BCUT2D eigenvalue weighted by Crippen LogP contribution is 2.19. The van der Waals surface area contributed by atoms with Crippen LogP contribution in [-0.2, 0) is 11.3 Å². The summed E-state index contributed by atoms with van der Waals surface area (Å²) in [6.07, 6.45) is 1.83. The Kier molecular flexibility index (Phi) is 4.79. The highest BCUT2D eigenvalue weighted by atomic mass is 79.9. The highest BCUT2D eigenvalue weighted by molar-refractivity contribution is 9.10. The van der Waals surface area contributed by atoms with Crippen molar-refractivity contribution in [3.63, 3.8) is 0 Å². The second kappa shape index (κ2) is 5.77. The van der Waals surface area contributed by atoms with Gasteiger partial charge in [-0.3, -0.25) is 9.59 Å². The molecule has 0 saturated carbocycles. The Morgan fingerprint density at radius 3 is 2.53 bits per heavy atom. The maximum atomic E-state index is 12.3. The Morgan fingerprint density at radius 2 is 2.11 bits per heavy atom. The zero-order valence-corrected chi connectivity index (χ0v) is 13.2. The molecule has 0 aliphatic rings. The Bertz CT molecular complexity index is 496. The predicted molar refractivity (Wildman–Crippen MR) is 77.7 cm³/mol. The number of carbonyl (C=O) groups is 2. The van der Waals surface area contributed by atoms with Crippen molar-refractivity contribution in [2.24, 2.45) is 11.7 Å². The van der Waals surface area contributed by atoms with E-state index in [0.717, 1.165) is 4.47 Å². The van der Waals surface area contributed by atoms with Gasteiger partial charge in [0.15, 0.2) is 0 Å². The number of hydrogen-bond acceptors (Lipinski definition) is 2. The molecule has 1 heterocycles. The van der Waals surface area contributed by atoms with Crippen LogP contribution in [0.25, 0.3) is 0 Å². The lowest BCUT2D eigenvalue weighted by Gasteiger charge is -2.31. The normalized spacial score (nSPS) is 14.2. The molecular formula is C13H20BrN3O2. The summed E-state index contributed by atoms with van der Waals surface area (Å²) in [5.74, 6) is -0.936. The number of amides is 2. The van der Waals surface area contributed by atoms with Gasteiger partial charge in [-0.2, -0.15) is 0 Å². The lowest BCUT2D eigenvalue weighted by molar-refractivity contribution is -0.125. The van der Waals surface area contributed by atoms with Gasteiger partial charge in [-0.25, -0.2) is 0 Å². The van der Waals surface area contributed by atoms with Gasteiger partial charge in [-0.05, 0) is 41.8 Å². The minimum Gasteiger partial charge on any atom is -0.368 e. The first-order valence-electron chi connectivity index (χ1n) is 6.20. The number of aryl methyl sites for hydroxylation is 1. The Balaban J connectivity index is 3.04. The van der Waals surface area contributed by atoms with Gasteiger partial charge in [-0.1, -0.05) is 13.8 Å². The van der Waals surface area contributed by atoms with Crippen molar-refractivity contribution in [2.75, 3.05) is 0 Å². The molecule has 6 heteroatoms. The summed E-state index contributed by atoms with van der Waals surface area (Å²) in [6.45, 7) is 7.95. The van der Waals surface area contributed by atoms with Crippen molar-refractivity contribution in [1.29, 1.82) is 0 Å². The van der Waals surface area contributed by atoms with E-state index in [1.807, 2.05) is 27.0 Å². The first kappa shape index (κ1) is 15.8. The van der Waals surface area contributed by atoms with Crippen molar-refractivity contribution in [1.82, 2.24) is 9.88 Å². The smallest absolute Gasteiger partial charge is 0.268 e. The largest absolute Gasteiger partial charge is 0.368 e. The van der Waals surface area contributed by atoms with Gasteiger partial charge in [0.2, 0.25) is 5.91 Å². The standard InChI is InChI=1S/C13H20BrN3O2/c1-5-17-7-9(14)6-10(17)11(18)16-13(4,8(2)3)12(15)19/h6-8H,5H2,1-4H3,(H2,15,19)(H,16,18). The molecule has 106 valence electrons. The maximum Gasteiger partial charge on any atom is 0.268 e. The van der Waals surface area contributed by atoms with Crippen LogP contribution < -0.4 is 11.1 Å². The topological polar surface area (TPSA) is 77.1 Å². The lowest BCUT2D eigenvalue weighted by Crippen LogP contribution is -2.58. The molecule has 1 rings (SSSR count). The van der Waals surface area contributed by atoms with Crippen LogP contribution in [0.3, 0.4) is 0 Å². The van der Waals surface area contributed by atoms with Gasteiger partial charge in [0.25, 0.3) is 5.91 Å². The van der Waals surface area contributed by atoms with Gasteiger partial charge in [-0.15, -0.1) is 0 Å². The van der Waals surface area contributed by atoms with E-state index in [2.05, 4.69) is 21.2 Å². The van der Waals surface area contributed by atoms with Crippen LogP contribution in [0.4, 0.5) is 0 Å². The summed E-state index contributed by atoms with van der Waals surface area (Å²) in [4.78, 5) is 23.9. The quantitative estimate of drug-likeness (QED) is 0.865. The van der Waals surface area contributed by atoms with Gasteiger partial charge < -0.3 is 15.6 Å². The molecule has 0 bridgehead atoms. The van der Waals surface area contributed by atoms with Crippen molar-refractivity contribution in [3.8, 4) is 0 Å². The third kappa shape index (κ3) is 3.18. The van der Waals surface area contributed by atoms with E-state index in [0.29, 0.717) is 12.2 Å².